The minimum atomic E-state index is -3.65. The normalized spacial score (nSPS) is 17.7. The van der Waals surface area contributed by atoms with Gasteiger partial charge >= 0.3 is 0 Å². The van der Waals surface area contributed by atoms with Gasteiger partial charge in [0.1, 0.15) is 4.21 Å². The molecule has 1 aromatic carbocycles. The summed E-state index contributed by atoms with van der Waals surface area (Å²) in [7, 11) is -7.29. The maximum absolute atomic E-state index is 12.7. The van der Waals surface area contributed by atoms with Crippen LogP contribution in [0.25, 0.3) is 0 Å². The van der Waals surface area contributed by atoms with E-state index in [1.807, 2.05) is 0 Å². The summed E-state index contributed by atoms with van der Waals surface area (Å²) in [6.07, 6.45) is 0. The first-order valence-corrected chi connectivity index (χ1v) is 12.1. The highest BCUT2D eigenvalue weighted by Crippen LogP contribution is 2.29. The molecule has 6 nitrogen and oxygen atoms in total. The van der Waals surface area contributed by atoms with Crippen molar-refractivity contribution in [2.75, 3.05) is 26.2 Å². The first-order valence-electron chi connectivity index (χ1n) is 7.22. The molecule has 0 amide bonds. The van der Waals surface area contributed by atoms with E-state index in [1.54, 1.807) is 12.1 Å². The standard InChI is InChI=1S/C14H14BrClN2O4S3/c15-11-2-1-3-12(10-11)24(19,20)17-6-8-18(9-7-17)25(21,22)14-5-4-13(16)23-14/h1-5,10H,6-9H2. The second kappa shape index (κ2) is 7.26. The zero-order chi connectivity index (χ0) is 18.2. The Morgan fingerprint density at radius 2 is 1.52 bits per heavy atom. The summed E-state index contributed by atoms with van der Waals surface area (Å²) in [4.78, 5) is 0.184. The number of nitrogens with zero attached hydrogens (tertiary/aromatic N) is 2. The maximum atomic E-state index is 12.7. The van der Waals surface area contributed by atoms with Gasteiger partial charge in [-0.1, -0.05) is 33.6 Å². The molecule has 0 atom stereocenters. The molecule has 136 valence electrons. The average Bonchev–Trinajstić information content (AvgIpc) is 3.02. The highest BCUT2D eigenvalue weighted by atomic mass is 79.9. The molecule has 0 radical (unpaired) electrons. The molecular weight excluding hydrogens is 472 g/mol. The van der Waals surface area contributed by atoms with Crippen molar-refractivity contribution < 1.29 is 16.8 Å². The Labute approximate surface area is 164 Å². The van der Waals surface area contributed by atoms with Crippen molar-refractivity contribution >= 4 is 58.9 Å². The Hall–Kier alpha value is -0.490. The number of hydrogen-bond acceptors (Lipinski definition) is 5. The fraction of sp³-hybridized carbons (Fsp3) is 0.286. The number of halogens is 2. The Morgan fingerprint density at radius 3 is 2.04 bits per heavy atom. The van der Waals surface area contributed by atoms with Crippen LogP contribution in [-0.2, 0) is 20.0 Å². The van der Waals surface area contributed by atoms with Gasteiger partial charge < -0.3 is 0 Å². The lowest BCUT2D eigenvalue weighted by Crippen LogP contribution is -2.50. The highest BCUT2D eigenvalue weighted by Gasteiger charge is 2.34. The molecule has 0 saturated carbocycles. The lowest BCUT2D eigenvalue weighted by molar-refractivity contribution is 0.273. The van der Waals surface area contributed by atoms with Crippen molar-refractivity contribution in [1.29, 1.82) is 0 Å². The summed E-state index contributed by atoms with van der Waals surface area (Å²) in [5.74, 6) is 0. The van der Waals surface area contributed by atoms with Gasteiger partial charge in [-0.15, -0.1) is 11.3 Å². The van der Waals surface area contributed by atoms with E-state index in [1.165, 1.54) is 32.9 Å². The number of piperazine rings is 1. The second-order valence-electron chi connectivity index (χ2n) is 5.32. The molecule has 25 heavy (non-hydrogen) atoms. The molecule has 11 heteroatoms. The topological polar surface area (TPSA) is 74.8 Å². The van der Waals surface area contributed by atoms with Gasteiger partial charge in [0.15, 0.2) is 0 Å². The molecule has 2 heterocycles. The summed E-state index contributed by atoms with van der Waals surface area (Å²) in [6, 6.07) is 9.46. The average molecular weight is 486 g/mol. The van der Waals surface area contributed by atoms with Crippen LogP contribution >= 0.6 is 38.9 Å². The summed E-state index contributed by atoms with van der Waals surface area (Å²) in [5.41, 5.74) is 0. The Morgan fingerprint density at radius 1 is 0.920 bits per heavy atom. The van der Waals surface area contributed by atoms with Gasteiger partial charge in [0.05, 0.1) is 9.23 Å². The van der Waals surface area contributed by atoms with Crippen LogP contribution in [0.3, 0.4) is 0 Å². The molecule has 1 saturated heterocycles. The quantitative estimate of drug-likeness (QED) is 0.667. The van der Waals surface area contributed by atoms with Gasteiger partial charge in [-0.2, -0.15) is 8.61 Å². The molecule has 0 spiro atoms. The third-order valence-electron chi connectivity index (χ3n) is 3.77. The Bertz CT molecular complexity index is 983. The van der Waals surface area contributed by atoms with Crippen molar-refractivity contribution in [1.82, 2.24) is 8.61 Å². The lowest BCUT2D eigenvalue weighted by Gasteiger charge is -2.32. The Kier molecular flexibility index (Phi) is 5.60. The summed E-state index contributed by atoms with van der Waals surface area (Å²) in [5, 5.41) is 0. The van der Waals surface area contributed by atoms with E-state index in [-0.39, 0.29) is 35.3 Å². The first kappa shape index (κ1) is 19.3. The van der Waals surface area contributed by atoms with E-state index in [0.717, 1.165) is 11.3 Å². The minimum Gasteiger partial charge on any atom is -0.207 e. The molecule has 1 aliphatic rings. The van der Waals surface area contributed by atoms with Gasteiger partial charge in [-0.3, -0.25) is 0 Å². The van der Waals surface area contributed by atoms with E-state index in [9.17, 15) is 16.8 Å². The molecule has 0 unspecified atom stereocenters. The van der Waals surface area contributed by atoms with Crippen LogP contribution in [0.15, 0.2) is 50.0 Å². The molecule has 1 aliphatic heterocycles. The molecule has 0 bridgehead atoms. The van der Waals surface area contributed by atoms with Crippen LogP contribution in [0, 0.1) is 0 Å². The molecule has 1 fully saturated rings. The zero-order valence-corrected chi connectivity index (χ0v) is 17.6. The predicted octanol–water partition coefficient (Wildman–Crippen LogP) is 2.86. The molecule has 0 aliphatic carbocycles. The number of thiophene rings is 1. The van der Waals surface area contributed by atoms with Crippen LogP contribution in [0.5, 0.6) is 0 Å². The van der Waals surface area contributed by atoms with Crippen molar-refractivity contribution in [2.24, 2.45) is 0 Å². The molecule has 0 N–H and O–H groups in total. The fourth-order valence-electron chi connectivity index (χ4n) is 2.49. The number of sulfonamides is 2. The molecular formula is C14H14BrClN2O4S3. The van der Waals surface area contributed by atoms with Crippen molar-refractivity contribution in [3.63, 3.8) is 0 Å². The first-order chi connectivity index (χ1) is 11.7. The van der Waals surface area contributed by atoms with E-state index >= 15 is 0 Å². The number of rotatable bonds is 4. The molecule has 2 aromatic rings. The third kappa shape index (κ3) is 3.95. The zero-order valence-electron chi connectivity index (χ0n) is 12.8. The fourth-order valence-corrected chi connectivity index (χ4v) is 7.57. The smallest absolute Gasteiger partial charge is 0.207 e. The lowest BCUT2D eigenvalue weighted by atomic mass is 10.4. The molecule has 1 aromatic heterocycles. The SMILES string of the molecule is O=S(=O)(c1cccc(Br)c1)N1CCN(S(=O)(=O)c2ccc(Cl)s2)CC1. The third-order valence-corrected chi connectivity index (χ3v) is 9.76. The van der Waals surface area contributed by atoms with Crippen LogP contribution in [0.4, 0.5) is 0 Å². The summed E-state index contributed by atoms with van der Waals surface area (Å²) in [6.45, 7) is 0.413. The van der Waals surface area contributed by atoms with Gasteiger partial charge in [0, 0.05) is 30.7 Å². The number of hydrogen-bond donors (Lipinski definition) is 0. The van der Waals surface area contributed by atoms with E-state index in [0.29, 0.717) is 8.81 Å². The minimum absolute atomic E-state index is 0.102. The van der Waals surface area contributed by atoms with E-state index in [2.05, 4.69) is 15.9 Å². The van der Waals surface area contributed by atoms with Crippen molar-refractivity contribution in [3.8, 4) is 0 Å². The molecule has 3 rings (SSSR count). The number of benzene rings is 1. The summed E-state index contributed by atoms with van der Waals surface area (Å²) < 4.78 is 54.4. The van der Waals surface area contributed by atoms with Gasteiger partial charge in [-0.25, -0.2) is 16.8 Å². The van der Waals surface area contributed by atoms with E-state index in [4.69, 9.17) is 11.6 Å². The van der Waals surface area contributed by atoms with Crippen molar-refractivity contribution in [3.05, 3.63) is 45.2 Å². The van der Waals surface area contributed by atoms with Crippen LogP contribution in [0.1, 0.15) is 0 Å². The van der Waals surface area contributed by atoms with Crippen LogP contribution in [-0.4, -0.2) is 51.6 Å². The summed E-state index contributed by atoms with van der Waals surface area (Å²) >= 11 is 10.1. The monoisotopic (exact) mass is 484 g/mol. The van der Waals surface area contributed by atoms with Crippen LogP contribution in [0.2, 0.25) is 4.34 Å². The van der Waals surface area contributed by atoms with E-state index < -0.39 is 20.0 Å². The van der Waals surface area contributed by atoms with Crippen LogP contribution < -0.4 is 0 Å². The highest BCUT2D eigenvalue weighted by molar-refractivity contribution is 9.10. The van der Waals surface area contributed by atoms with Crippen molar-refractivity contribution in [2.45, 2.75) is 9.10 Å². The van der Waals surface area contributed by atoms with Gasteiger partial charge in [0.2, 0.25) is 10.0 Å². The Balaban J connectivity index is 1.76. The van der Waals surface area contributed by atoms with Gasteiger partial charge in [-0.05, 0) is 30.3 Å². The predicted molar refractivity (Wildman–Crippen MR) is 101 cm³/mol. The van der Waals surface area contributed by atoms with Gasteiger partial charge in [0.25, 0.3) is 10.0 Å². The maximum Gasteiger partial charge on any atom is 0.252 e. The second-order valence-corrected chi connectivity index (χ2v) is 12.1. The largest absolute Gasteiger partial charge is 0.252 e.